The minimum absolute atomic E-state index is 0.0163. The van der Waals surface area contributed by atoms with Crippen LogP contribution in [0.2, 0.25) is 0 Å². The molecular weight excluding hydrogens is 418 g/mol. The standard InChI is InChI=1S/C24H24F2N2O4/c1-31-20-14-16(5-6-18(20)26)22(29)27-11-9-24(10-12-27)23(30)28-19(7-8-21(28)32-24)15-3-2-4-17(25)13-15/h2-6,13-14,19,21H,7-12H2,1H3/t19-,21+/m0/s1. The van der Waals surface area contributed by atoms with Gasteiger partial charge in [-0.1, -0.05) is 12.1 Å². The predicted octanol–water partition coefficient (Wildman–Crippen LogP) is 3.67. The number of methoxy groups -OCH3 is 1. The number of rotatable bonds is 3. The molecule has 0 unspecified atom stereocenters. The van der Waals surface area contributed by atoms with E-state index in [0.717, 1.165) is 12.0 Å². The van der Waals surface area contributed by atoms with Crippen molar-refractivity contribution in [3.63, 3.8) is 0 Å². The van der Waals surface area contributed by atoms with Crippen molar-refractivity contribution in [2.45, 2.75) is 43.6 Å². The van der Waals surface area contributed by atoms with E-state index in [9.17, 15) is 18.4 Å². The van der Waals surface area contributed by atoms with Crippen LogP contribution in [0.3, 0.4) is 0 Å². The Hall–Kier alpha value is -3.00. The first-order chi connectivity index (χ1) is 15.4. The van der Waals surface area contributed by atoms with Crippen molar-refractivity contribution in [2.75, 3.05) is 20.2 Å². The number of halogens is 2. The summed E-state index contributed by atoms with van der Waals surface area (Å²) in [4.78, 5) is 29.8. The van der Waals surface area contributed by atoms with Gasteiger partial charge in [0, 0.05) is 31.5 Å². The predicted molar refractivity (Wildman–Crippen MR) is 111 cm³/mol. The highest BCUT2D eigenvalue weighted by atomic mass is 19.1. The van der Waals surface area contributed by atoms with Crippen LogP contribution in [0, 0.1) is 11.6 Å². The van der Waals surface area contributed by atoms with Gasteiger partial charge in [0.25, 0.3) is 11.8 Å². The van der Waals surface area contributed by atoms with Crippen LogP contribution in [0.4, 0.5) is 8.78 Å². The van der Waals surface area contributed by atoms with Crippen molar-refractivity contribution in [1.82, 2.24) is 9.80 Å². The highest BCUT2D eigenvalue weighted by Gasteiger charge is 2.58. The molecule has 32 heavy (non-hydrogen) atoms. The maximum absolute atomic E-state index is 13.7. The molecule has 0 radical (unpaired) electrons. The van der Waals surface area contributed by atoms with Gasteiger partial charge < -0.3 is 19.3 Å². The van der Waals surface area contributed by atoms with Gasteiger partial charge in [-0.3, -0.25) is 9.59 Å². The van der Waals surface area contributed by atoms with Gasteiger partial charge in [-0.2, -0.15) is 0 Å². The molecule has 5 rings (SSSR count). The Bertz CT molecular complexity index is 1070. The van der Waals surface area contributed by atoms with Crippen molar-refractivity contribution >= 4 is 11.8 Å². The lowest BCUT2D eigenvalue weighted by molar-refractivity contribution is -0.142. The quantitative estimate of drug-likeness (QED) is 0.728. The molecule has 2 amide bonds. The fraction of sp³-hybridized carbons (Fsp3) is 0.417. The third-order valence-corrected chi connectivity index (χ3v) is 6.81. The first kappa shape index (κ1) is 20.9. The molecule has 3 aliphatic rings. The lowest BCUT2D eigenvalue weighted by Gasteiger charge is -2.37. The van der Waals surface area contributed by atoms with E-state index in [1.807, 2.05) is 6.07 Å². The highest BCUT2D eigenvalue weighted by Crippen LogP contribution is 2.47. The minimum Gasteiger partial charge on any atom is -0.494 e. The van der Waals surface area contributed by atoms with Crippen LogP contribution >= 0.6 is 0 Å². The van der Waals surface area contributed by atoms with Crippen LogP contribution in [0.15, 0.2) is 42.5 Å². The molecule has 3 heterocycles. The van der Waals surface area contributed by atoms with E-state index in [1.165, 1.54) is 37.4 Å². The minimum atomic E-state index is -0.950. The van der Waals surface area contributed by atoms with Gasteiger partial charge in [0.2, 0.25) is 0 Å². The highest BCUT2D eigenvalue weighted by molar-refractivity contribution is 5.95. The Labute approximate surface area is 184 Å². The summed E-state index contributed by atoms with van der Waals surface area (Å²) in [5.41, 5.74) is 0.164. The number of fused-ring (bicyclic) bond motifs is 1. The maximum atomic E-state index is 13.7. The second-order valence-corrected chi connectivity index (χ2v) is 8.57. The molecule has 6 nitrogen and oxygen atoms in total. The number of benzene rings is 2. The van der Waals surface area contributed by atoms with E-state index < -0.39 is 11.4 Å². The van der Waals surface area contributed by atoms with Gasteiger partial charge in [0.15, 0.2) is 17.2 Å². The van der Waals surface area contributed by atoms with E-state index in [0.29, 0.717) is 37.9 Å². The van der Waals surface area contributed by atoms with Gasteiger partial charge in [-0.15, -0.1) is 0 Å². The summed E-state index contributed by atoms with van der Waals surface area (Å²) in [5.74, 6) is -1.15. The Balaban J connectivity index is 1.30. The zero-order valence-electron chi connectivity index (χ0n) is 17.7. The summed E-state index contributed by atoms with van der Waals surface area (Å²) in [7, 11) is 1.35. The lowest BCUT2D eigenvalue weighted by atomic mass is 9.89. The number of carbonyl (C=O) groups is 2. The van der Waals surface area contributed by atoms with Gasteiger partial charge in [-0.05, 0) is 48.7 Å². The molecule has 0 N–H and O–H groups in total. The number of nitrogens with zero attached hydrogens (tertiary/aromatic N) is 2. The fourth-order valence-corrected chi connectivity index (χ4v) is 5.13. The average Bonchev–Trinajstić information content (AvgIpc) is 3.32. The van der Waals surface area contributed by atoms with Crippen molar-refractivity contribution in [2.24, 2.45) is 0 Å². The number of amides is 2. The summed E-state index contributed by atoms with van der Waals surface area (Å²) in [6.45, 7) is 0.713. The van der Waals surface area contributed by atoms with Crippen molar-refractivity contribution in [3.8, 4) is 5.75 Å². The van der Waals surface area contributed by atoms with Crippen molar-refractivity contribution in [1.29, 1.82) is 0 Å². The van der Waals surface area contributed by atoms with Gasteiger partial charge in [0.05, 0.1) is 13.2 Å². The topological polar surface area (TPSA) is 59.1 Å². The average molecular weight is 442 g/mol. The Morgan fingerprint density at radius 2 is 1.91 bits per heavy atom. The zero-order chi connectivity index (χ0) is 22.5. The number of carbonyl (C=O) groups excluding carboxylic acids is 2. The monoisotopic (exact) mass is 442 g/mol. The molecule has 0 saturated carbocycles. The number of hydrogen-bond acceptors (Lipinski definition) is 4. The molecule has 2 aromatic rings. The lowest BCUT2D eigenvalue weighted by Crippen LogP contribution is -2.51. The third kappa shape index (κ3) is 3.33. The number of hydrogen-bond donors (Lipinski definition) is 0. The van der Waals surface area contributed by atoms with Gasteiger partial charge >= 0.3 is 0 Å². The van der Waals surface area contributed by atoms with Crippen molar-refractivity contribution < 1.29 is 27.8 Å². The second-order valence-electron chi connectivity index (χ2n) is 8.57. The number of ether oxygens (including phenoxy) is 2. The summed E-state index contributed by atoms with van der Waals surface area (Å²) >= 11 is 0. The van der Waals surface area contributed by atoms with Crippen LogP contribution in [-0.4, -0.2) is 53.6 Å². The Morgan fingerprint density at radius 3 is 2.62 bits per heavy atom. The SMILES string of the molecule is COc1cc(C(=O)N2CCC3(CC2)O[C@@H]2CC[C@@H](c4cccc(F)c4)N2C3=O)ccc1F. The van der Waals surface area contributed by atoms with E-state index in [2.05, 4.69) is 0 Å². The Kier molecular flexibility index (Phi) is 5.12. The van der Waals surface area contributed by atoms with Crippen LogP contribution in [0.25, 0.3) is 0 Å². The third-order valence-electron chi connectivity index (χ3n) is 6.81. The number of piperidine rings is 1. The van der Waals surface area contributed by atoms with Crippen LogP contribution < -0.4 is 4.74 Å². The summed E-state index contributed by atoms with van der Waals surface area (Å²) < 4.78 is 38.7. The van der Waals surface area contributed by atoms with Gasteiger partial charge in [-0.25, -0.2) is 8.78 Å². The second kappa shape index (κ2) is 7.85. The molecule has 0 bridgehead atoms. The smallest absolute Gasteiger partial charge is 0.257 e. The van der Waals surface area contributed by atoms with Crippen LogP contribution in [0.5, 0.6) is 5.75 Å². The van der Waals surface area contributed by atoms with E-state index >= 15 is 0 Å². The molecule has 3 fully saturated rings. The fourth-order valence-electron chi connectivity index (χ4n) is 5.13. The molecular formula is C24H24F2N2O4. The molecule has 3 aliphatic heterocycles. The van der Waals surface area contributed by atoms with Crippen LogP contribution in [0.1, 0.15) is 47.6 Å². The summed E-state index contributed by atoms with van der Waals surface area (Å²) in [6, 6.07) is 10.2. The van der Waals surface area contributed by atoms with Crippen LogP contribution in [-0.2, 0) is 9.53 Å². The zero-order valence-corrected chi connectivity index (χ0v) is 17.7. The molecule has 8 heteroatoms. The number of likely N-dealkylation sites (tertiary alicyclic amines) is 1. The first-order valence-corrected chi connectivity index (χ1v) is 10.8. The van der Waals surface area contributed by atoms with Gasteiger partial charge in [0.1, 0.15) is 12.0 Å². The molecule has 0 aromatic heterocycles. The largest absolute Gasteiger partial charge is 0.494 e. The summed E-state index contributed by atoms with van der Waals surface area (Å²) in [5, 5.41) is 0. The van der Waals surface area contributed by atoms with E-state index in [4.69, 9.17) is 9.47 Å². The maximum Gasteiger partial charge on any atom is 0.257 e. The summed E-state index contributed by atoms with van der Waals surface area (Å²) in [6.07, 6.45) is 1.89. The Morgan fingerprint density at radius 1 is 1.12 bits per heavy atom. The molecule has 2 atom stereocenters. The van der Waals surface area contributed by atoms with E-state index in [1.54, 1.807) is 15.9 Å². The molecule has 168 valence electrons. The molecule has 3 saturated heterocycles. The normalized spacial score (nSPS) is 24.2. The van der Waals surface area contributed by atoms with Crippen molar-refractivity contribution in [3.05, 3.63) is 65.2 Å². The first-order valence-electron chi connectivity index (χ1n) is 10.8. The molecule has 0 aliphatic carbocycles. The molecule has 2 aromatic carbocycles. The van der Waals surface area contributed by atoms with E-state index in [-0.39, 0.29) is 35.7 Å². The molecule has 1 spiro atoms.